The van der Waals surface area contributed by atoms with Gasteiger partial charge >= 0.3 is 0 Å². The first-order chi connectivity index (χ1) is 12.5. The van der Waals surface area contributed by atoms with Crippen LogP contribution in [0.5, 0.6) is 0 Å². The average molecular weight is 355 g/mol. The van der Waals surface area contributed by atoms with Crippen LogP contribution in [0.15, 0.2) is 54.6 Å². The van der Waals surface area contributed by atoms with E-state index >= 15 is 0 Å². The number of ketones is 1. The van der Waals surface area contributed by atoms with Crippen molar-refractivity contribution in [1.82, 2.24) is 4.90 Å². The molecule has 0 radical (unpaired) electrons. The van der Waals surface area contributed by atoms with E-state index < -0.39 is 5.60 Å². The highest BCUT2D eigenvalue weighted by Crippen LogP contribution is 2.37. The Morgan fingerprint density at radius 1 is 1.19 bits per heavy atom. The Bertz CT molecular complexity index is 732. The Balaban J connectivity index is 1.49. The van der Waals surface area contributed by atoms with Crippen LogP contribution in [0, 0.1) is 11.7 Å². The van der Waals surface area contributed by atoms with E-state index in [-0.39, 0.29) is 17.5 Å². The highest BCUT2D eigenvalue weighted by molar-refractivity contribution is 5.95. The number of hydrogen-bond donors (Lipinski definition) is 1. The van der Waals surface area contributed by atoms with Crippen LogP contribution in [0.25, 0.3) is 0 Å². The van der Waals surface area contributed by atoms with E-state index in [4.69, 9.17) is 0 Å². The van der Waals surface area contributed by atoms with Gasteiger partial charge in [-0.05, 0) is 49.2 Å². The Morgan fingerprint density at radius 2 is 1.88 bits per heavy atom. The second-order valence-electron chi connectivity index (χ2n) is 7.28. The van der Waals surface area contributed by atoms with Crippen LogP contribution < -0.4 is 0 Å². The molecule has 1 aliphatic rings. The molecule has 1 N–H and O–H groups in total. The van der Waals surface area contributed by atoms with Crippen molar-refractivity contribution >= 4 is 5.78 Å². The molecule has 3 nitrogen and oxygen atoms in total. The highest BCUT2D eigenvalue weighted by atomic mass is 19.1. The standard InChI is InChI=1S/C22H26FNO2/c1-17-16-24(15-13-22(17,26)19-6-3-2-4-7-19)14-5-8-21(25)18-9-11-20(23)12-10-18/h2-4,6-7,9-12,17,26H,5,8,13-16H2,1H3/t17-,22+/m1/s1. The van der Waals surface area contributed by atoms with Gasteiger partial charge in [0.15, 0.2) is 5.78 Å². The molecular formula is C22H26FNO2. The van der Waals surface area contributed by atoms with Gasteiger partial charge in [-0.1, -0.05) is 37.3 Å². The van der Waals surface area contributed by atoms with Crippen molar-refractivity contribution in [3.8, 4) is 0 Å². The Kier molecular flexibility index (Phi) is 5.84. The van der Waals surface area contributed by atoms with Gasteiger partial charge in [-0.2, -0.15) is 0 Å². The van der Waals surface area contributed by atoms with Gasteiger partial charge in [0.2, 0.25) is 0 Å². The maximum absolute atomic E-state index is 12.9. The monoisotopic (exact) mass is 355 g/mol. The smallest absolute Gasteiger partial charge is 0.162 e. The first-order valence-electron chi connectivity index (χ1n) is 9.28. The van der Waals surface area contributed by atoms with Crippen LogP contribution in [0.4, 0.5) is 4.39 Å². The lowest BCUT2D eigenvalue weighted by Gasteiger charge is -2.43. The zero-order valence-corrected chi connectivity index (χ0v) is 15.2. The molecule has 0 bridgehead atoms. The van der Waals surface area contributed by atoms with Gasteiger partial charge in [-0.25, -0.2) is 4.39 Å². The molecule has 1 heterocycles. The predicted octanol–water partition coefficient (Wildman–Crippen LogP) is 4.02. The third kappa shape index (κ3) is 4.19. The summed E-state index contributed by atoms with van der Waals surface area (Å²) in [6.45, 7) is 4.56. The lowest BCUT2D eigenvalue weighted by atomic mass is 9.77. The molecule has 0 aliphatic carbocycles. The summed E-state index contributed by atoms with van der Waals surface area (Å²) in [6, 6.07) is 15.6. The lowest BCUT2D eigenvalue weighted by Crippen LogP contribution is -2.49. The molecule has 0 amide bonds. The molecular weight excluding hydrogens is 329 g/mol. The fraction of sp³-hybridized carbons (Fsp3) is 0.409. The number of nitrogens with zero attached hydrogens (tertiary/aromatic N) is 1. The number of aliphatic hydroxyl groups is 1. The molecule has 1 aliphatic heterocycles. The molecule has 2 aromatic carbocycles. The van der Waals surface area contributed by atoms with Crippen LogP contribution in [0.2, 0.25) is 0 Å². The zero-order chi connectivity index (χ0) is 18.6. The van der Waals surface area contributed by atoms with Crippen LogP contribution in [-0.2, 0) is 5.60 Å². The lowest BCUT2D eigenvalue weighted by molar-refractivity contribution is -0.0711. The summed E-state index contributed by atoms with van der Waals surface area (Å²) in [5, 5.41) is 11.1. The van der Waals surface area contributed by atoms with E-state index in [2.05, 4.69) is 11.8 Å². The summed E-state index contributed by atoms with van der Waals surface area (Å²) in [5.74, 6) is -0.142. The van der Waals surface area contributed by atoms with Gasteiger partial charge in [-0.15, -0.1) is 0 Å². The van der Waals surface area contributed by atoms with Gasteiger partial charge in [0.1, 0.15) is 5.82 Å². The molecule has 2 atom stereocenters. The molecule has 1 saturated heterocycles. The van der Waals surface area contributed by atoms with Crippen molar-refractivity contribution in [1.29, 1.82) is 0 Å². The quantitative estimate of drug-likeness (QED) is 0.796. The molecule has 1 fully saturated rings. The molecule has 0 aromatic heterocycles. The largest absolute Gasteiger partial charge is 0.385 e. The summed E-state index contributed by atoms with van der Waals surface area (Å²) in [5.41, 5.74) is 0.775. The number of Topliss-reactive ketones (excluding diaryl/α,β-unsaturated/α-hetero) is 1. The average Bonchev–Trinajstić information content (AvgIpc) is 2.66. The highest BCUT2D eigenvalue weighted by Gasteiger charge is 2.39. The van der Waals surface area contributed by atoms with E-state index in [0.29, 0.717) is 18.4 Å². The van der Waals surface area contributed by atoms with Crippen molar-refractivity contribution < 1.29 is 14.3 Å². The molecule has 2 aromatic rings. The Morgan fingerprint density at radius 3 is 2.54 bits per heavy atom. The Labute approximate surface area is 154 Å². The van der Waals surface area contributed by atoms with Crippen LogP contribution in [0.3, 0.4) is 0 Å². The summed E-state index contributed by atoms with van der Waals surface area (Å²) in [4.78, 5) is 14.5. The van der Waals surface area contributed by atoms with Crippen LogP contribution in [-0.4, -0.2) is 35.4 Å². The Hall–Kier alpha value is -2.04. The number of likely N-dealkylation sites (tertiary alicyclic amines) is 1. The molecule has 0 spiro atoms. The van der Waals surface area contributed by atoms with Crippen LogP contribution >= 0.6 is 0 Å². The number of halogens is 1. The molecule has 4 heteroatoms. The maximum Gasteiger partial charge on any atom is 0.162 e. The second kappa shape index (κ2) is 8.11. The van der Waals surface area contributed by atoms with Gasteiger partial charge in [0.05, 0.1) is 5.60 Å². The third-order valence-corrected chi connectivity index (χ3v) is 5.47. The minimum Gasteiger partial charge on any atom is -0.385 e. The van der Waals surface area contributed by atoms with E-state index in [1.807, 2.05) is 30.3 Å². The van der Waals surface area contributed by atoms with Gasteiger partial charge in [0, 0.05) is 31.0 Å². The first kappa shape index (κ1) is 18.7. The van der Waals surface area contributed by atoms with Gasteiger partial charge < -0.3 is 10.0 Å². The SMILES string of the molecule is C[C@@H]1CN(CCCC(=O)c2ccc(F)cc2)CC[C@@]1(O)c1ccccc1. The molecule has 0 unspecified atom stereocenters. The van der Waals surface area contributed by atoms with Crippen molar-refractivity contribution in [2.24, 2.45) is 5.92 Å². The normalized spacial score (nSPS) is 23.7. The fourth-order valence-electron chi connectivity index (χ4n) is 3.81. The summed E-state index contributed by atoms with van der Waals surface area (Å²) < 4.78 is 12.9. The molecule has 0 saturated carbocycles. The number of hydrogen-bond acceptors (Lipinski definition) is 3. The fourth-order valence-corrected chi connectivity index (χ4v) is 3.81. The summed E-state index contributed by atoms with van der Waals surface area (Å²) >= 11 is 0. The first-order valence-corrected chi connectivity index (χ1v) is 9.28. The third-order valence-electron chi connectivity index (χ3n) is 5.47. The van der Waals surface area contributed by atoms with Crippen molar-refractivity contribution in [2.45, 2.75) is 31.8 Å². The number of carbonyl (C=O) groups excluding carboxylic acids is 1. The van der Waals surface area contributed by atoms with Crippen molar-refractivity contribution in [3.63, 3.8) is 0 Å². The number of carbonyl (C=O) groups is 1. The van der Waals surface area contributed by atoms with E-state index in [9.17, 15) is 14.3 Å². The van der Waals surface area contributed by atoms with Crippen molar-refractivity contribution in [2.75, 3.05) is 19.6 Å². The topological polar surface area (TPSA) is 40.5 Å². The molecule has 3 rings (SSSR count). The minimum atomic E-state index is -0.776. The number of piperidine rings is 1. The molecule has 26 heavy (non-hydrogen) atoms. The number of rotatable bonds is 6. The predicted molar refractivity (Wildman–Crippen MR) is 101 cm³/mol. The zero-order valence-electron chi connectivity index (χ0n) is 15.2. The van der Waals surface area contributed by atoms with Gasteiger partial charge in [0.25, 0.3) is 0 Å². The van der Waals surface area contributed by atoms with Crippen molar-refractivity contribution in [3.05, 3.63) is 71.5 Å². The molecule has 138 valence electrons. The summed E-state index contributed by atoms with van der Waals surface area (Å²) in [6.07, 6.45) is 1.93. The maximum atomic E-state index is 12.9. The minimum absolute atomic E-state index is 0.0517. The second-order valence-corrected chi connectivity index (χ2v) is 7.28. The van der Waals surface area contributed by atoms with E-state index in [0.717, 1.165) is 31.6 Å². The van der Waals surface area contributed by atoms with Crippen LogP contribution in [0.1, 0.15) is 42.1 Å². The number of benzene rings is 2. The van der Waals surface area contributed by atoms with E-state index in [1.54, 1.807) is 12.1 Å². The summed E-state index contributed by atoms with van der Waals surface area (Å²) in [7, 11) is 0. The van der Waals surface area contributed by atoms with Gasteiger partial charge in [-0.3, -0.25) is 4.79 Å². The van der Waals surface area contributed by atoms with E-state index in [1.165, 1.54) is 12.1 Å².